The van der Waals surface area contributed by atoms with E-state index in [1.807, 2.05) is 24.3 Å². The van der Waals surface area contributed by atoms with Gasteiger partial charge in [0.1, 0.15) is 18.5 Å². The van der Waals surface area contributed by atoms with Crippen molar-refractivity contribution >= 4 is 11.9 Å². The molecule has 2 aliphatic rings. The summed E-state index contributed by atoms with van der Waals surface area (Å²) in [5.41, 5.74) is 0.936. The Morgan fingerprint density at radius 2 is 1.97 bits per heavy atom. The Morgan fingerprint density at radius 3 is 2.76 bits per heavy atom. The average molecular weight is 392 g/mol. The maximum absolute atomic E-state index is 13.1. The third-order valence-electron chi connectivity index (χ3n) is 4.83. The molecule has 29 heavy (non-hydrogen) atoms. The molecule has 1 amide bonds. The Morgan fingerprint density at radius 1 is 1.17 bits per heavy atom. The molecule has 0 N–H and O–H groups in total. The van der Waals surface area contributed by atoms with Crippen LogP contribution in [-0.4, -0.2) is 54.2 Å². The molecule has 148 valence electrons. The lowest BCUT2D eigenvalue weighted by atomic mass is 10.0. The highest BCUT2D eigenvalue weighted by molar-refractivity contribution is 5.97. The largest absolute Gasteiger partial charge is 0.492 e. The van der Waals surface area contributed by atoms with E-state index in [-0.39, 0.29) is 18.1 Å². The number of hydrogen-bond acceptors (Lipinski definition) is 6. The van der Waals surface area contributed by atoms with Crippen molar-refractivity contribution in [2.75, 3.05) is 20.3 Å². The normalized spacial score (nSPS) is 19.6. The molecule has 1 aliphatic heterocycles. The molecule has 0 saturated heterocycles. The number of carbonyl (C=O) groups is 2. The second-order valence-electron chi connectivity index (χ2n) is 6.58. The van der Waals surface area contributed by atoms with Gasteiger partial charge in [-0.3, -0.25) is 9.78 Å². The van der Waals surface area contributed by atoms with E-state index in [0.717, 1.165) is 0 Å². The predicted octanol–water partition coefficient (Wildman–Crippen LogP) is 2.65. The van der Waals surface area contributed by atoms with E-state index < -0.39 is 5.97 Å². The van der Waals surface area contributed by atoms with Crippen LogP contribution in [0.2, 0.25) is 0 Å². The minimum Gasteiger partial charge on any atom is -0.492 e. The van der Waals surface area contributed by atoms with E-state index in [9.17, 15) is 9.59 Å². The minimum atomic E-state index is -0.400. The summed E-state index contributed by atoms with van der Waals surface area (Å²) in [4.78, 5) is 30.5. The maximum Gasteiger partial charge on any atom is 0.337 e. The fourth-order valence-electron chi connectivity index (χ4n) is 3.37. The smallest absolute Gasteiger partial charge is 0.337 e. The van der Waals surface area contributed by atoms with Gasteiger partial charge in [-0.2, -0.15) is 0 Å². The molecule has 0 bridgehead atoms. The van der Waals surface area contributed by atoms with E-state index in [1.165, 1.54) is 7.11 Å². The number of nitrogens with zero attached hydrogens (tertiary/aromatic N) is 2. The van der Waals surface area contributed by atoms with Gasteiger partial charge in [0.25, 0.3) is 5.91 Å². The molecular weight excluding hydrogens is 372 g/mol. The Bertz CT molecular complexity index is 967. The number of carbonyl (C=O) groups excluding carboxylic acids is 2. The zero-order valence-corrected chi connectivity index (χ0v) is 15.9. The molecular formula is C22H20N2O5. The number of pyridine rings is 1. The van der Waals surface area contributed by atoms with Gasteiger partial charge in [0.05, 0.1) is 37.0 Å². The van der Waals surface area contributed by atoms with Crippen molar-refractivity contribution < 1.29 is 23.8 Å². The number of ether oxygens (including phenoxy) is 3. The van der Waals surface area contributed by atoms with Gasteiger partial charge in [-0.05, 0) is 36.4 Å². The zero-order valence-electron chi connectivity index (χ0n) is 15.9. The first-order chi connectivity index (χ1) is 14.2. The molecule has 4 rings (SSSR count). The van der Waals surface area contributed by atoms with E-state index in [0.29, 0.717) is 35.8 Å². The highest BCUT2D eigenvalue weighted by atomic mass is 16.5. The number of esters is 1. The van der Waals surface area contributed by atoms with E-state index >= 15 is 0 Å². The quantitative estimate of drug-likeness (QED) is 0.728. The summed E-state index contributed by atoms with van der Waals surface area (Å²) in [6.07, 6.45) is 10.6. The second kappa shape index (κ2) is 8.18. The maximum atomic E-state index is 13.1. The van der Waals surface area contributed by atoms with Crippen LogP contribution in [-0.2, 0) is 4.74 Å². The first-order valence-corrected chi connectivity index (χ1v) is 9.25. The number of hydrogen-bond donors (Lipinski definition) is 0. The number of fused-ring (bicyclic) bond motifs is 2. The molecule has 0 radical (unpaired) electrons. The molecule has 2 atom stereocenters. The van der Waals surface area contributed by atoms with Crippen LogP contribution in [0.1, 0.15) is 20.7 Å². The van der Waals surface area contributed by atoms with E-state index in [1.54, 1.807) is 47.6 Å². The third-order valence-corrected chi connectivity index (χ3v) is 4.83. The number of amides is 1. The van der Waals surface area contributed by atoms with Crippen molar-refractivity contribution in [2.45, 2.75) is 12.1 Å². The van der Waals surface area contributed by atoms with Gasteiger partial charge in [-0.1, -0.05) is 18.2 Å². The van der Waals surface area contributed by atoms with Crippen LogP contribution < -0.4 is 9.47 Å². The Labute approximate surface area is 168 Å². The lowest BCUT2D eigenvalue weighted by molar-refractivity contribution is 0.0597. The summed E-state index contributed by atoms with van der Waals surface area (Å²) in [7, 11) is 1.34. The number of allylic oxidation sites excluding steroid dienone is 2. The summed E-state index contributed by atoms with van der Waals surface area (Å²) in [6.45, 7) is 0.673. The standard InChI is InChI=1S/C22H20N2O5/c1-27-22(26)15-6-8-16(9-7-15)28-13-12-24-18-4-2-3-5-19(18)29-20-14-23-11-10-17(20)21(24)25/h2-11,14,18-19H,12-13H2,1H3. The van der Waals surface area contributed by atoms with E-state index in [2.05, 4.69) is 9.72 Å². The van der Waals surface area contributed by atoms with Crippen LogP contribution in [0.25, 0.3) is 0 Å². The topological polar surface area (TPSA) is 78.0 Å². The molecule has 2 aromatic rings. The molecule has 7 nitrogen and oxygen atoms in total. The van der Waals surface area contributed by atoms with Gasteiger partial charge in [-0.25, -0.2) is 4.79 Å². The van der Waals surface area contributed by atoms with Crippen LogP contribution in [0.5, 0.6) is 11.5 Å². The Kier molecular flexibility index (Phi) is 5.29. The van der Waals surface area contributed by atoms with Gasteiger partial charge >= 0.3 is 5.97 Å². The minimum absolute atomic E-state index is 0.125. The van der Waals surface area contributed by atoms with Gasteiger partial charge in [0.2, 0.25) is 0 Å². The molecule has 1 aromatic heterocycles. The van der Waals surface area contributed by atoms with Crippen molar-refractivity contribution in [3.63, 3.8) is 0 Å². The van der Waals surface area contributed by atoms with Gasteiger partial charge in [0, 0.05) is 6.20 Å². The lowest BCUT2D eigenvalue weighted by Gasteiger charge is -2.32. The molecule has 0 saturated carbocycles. The molecule has 1 aliphatic carbocycles. The average Bonchev–Trinajstić information content (AvgIpc) is 2.88. The first-order valence-electron chi connectivity index (χ1n) is 9.25. The fourth-order valence-corrected chi connectivity index (χ4v) is 3.37. The summed E-state index contributed by atoms with van der Waals surface area (Å²) in [5, 5.41) is 0. The summed E-state index contributed by atoms with van der Waals surface area (Å²) in [6, 6.07) is 8.12. The first kappa shape index (κ1) is 18.7. The molecule has 2 unspecified atom stereocenters. The highest BCUT2D eigenvalue weighted by Crippen LogP contribution is 2.29. The molecule has 2 heterocycles. The van der Waals surface area contributed by atoms with Crippen molar-refractivity contribution in [1.29, 1.82) is 0 Å². The lowest BCUT2D eigenvalue weighted by Crippen LogP contribution is -2.47. The van der Waals surface area contributed by atoms with Crippen LogP contribution in [0.4, 0.5) is 0 Å². The zero-order chi connectivity index (χ0) is 20.2. The number of benzene rings is 1. The van der Waals surface area contributed by atoms with Crippen LogP contribution in [0, 0.1) is 0 Å². The monoisotopic (exact) mass is 392 g/mol. The van der Waals surface area contributed by atoms with E-state index in [4.69, 9.17) is 9.47 Å². The second-order valence-corrected chi connectivity index (χ2v) is 6.58. The van der Waals surface area contributed by atoms with Crippen molar-refractivity contribution in [2.24, 2.45) is 0 Å². The van der Waals surface area contributed by atoms with Gasteiger partial charge < -0.3 is 19.1 Å². The van der Waals surface area contributed by atoms with Crippen molar-refractivity contribution in [3.05, 3.63) is 78.2 Å². The Hall–Kier alpha value is -3.61. The number of rotatable bonds is 5. The van der Waals surface area contributed by atoms with Crippen LogP contribution in [0.3, 0.4) is 0 Å². The summed E-state index contributed by atoms with van der Waals surface area (Å²) in [5.74, 6) is 0.563. The fraction of sp³-hybridized carbons (Fsp3) is 0.227. The van der Waals surface area contributed by atoms with Crippen LogP contribution in [0.15, 0.2) is 67.0 Å². The SMILES string of the molecule is COC(=O)c1ccc(OCCN2C(=O)c3ccncc3OC3C=CC=CC32)cc1. The molecule has 0 fully saturated rings. The Balaban J connectivity index is 1.48. The molecule has 1 aromatic carbocycles. The molecule has 0 spiro atoms. The summed E-state index contributed by atoms with van der Waals surface area (Å²) >= 11 is 0. The van der Waals surface area contributed by atoms with Crippen molar-refractivity contribution in [1.82, 2.24) is 9.88 Å². The van der Waals surface area contributed by atoms with Crippen molar-refractivity contribution in [3.8, 4) is 11.5 Å². The van der Waals surface area contributed by atoms with Gasteiger partial charge in [0.15, 0.2) is 5.75 Å². The number of methoxy groups -OCH3 is 1. The van der Waals surface area contributed by atoms with Crippen LogP contribution >= 0.6 is 0 Å². The highest BCUT2D eigenvalue weighted by Gasteiger charge is 2.35. The third kappa shape index (κ3) is 3.85. The van der Waals surface area contributed by atoms with Gasteiger partial charge in [-0.15, -0.1) is 0 Å². The molecule has 7 heteroatoms. The summed E-state index contributed by atoms with van der Waals surface area (Å²) < 4.78 is 16.5. The number of aromatic nitrogens is 1. The predicted molar refractivity (Wildman–Crippen MR) is 105 cm³/mol.